The molecule has 0 aliphatic rings. The molecule has 0 saturated heterocycles. The van der Waals surface area contributed by atoms with Crippen molar-refractivity contribution in [3.63, 3.8) is 0 Å². The van der Waals surface area contributed by atoms with E-state index in [9.17, 15) is 4.79 Å². The Hall–Kier alpha value is -1.12. The topological polar surface area (TPSA) is 34.9 Å². The standard InChI is InChI=1S/C16H28N2O/c1-3-4-5-6-7-8-9-10-16(19)12-11-15-13-14-17-18(15)2/h13-14H,3-12H2,1-2H3. The minimum absolute atomic E-state index is 0.398. The molecule has 0 radical (unpaired) electrons. The van der Waals surface area contributed by atoms with E-state index < -0.39 is 0 Å². The molecule has 1 aromatic rings. The number of hydrogen-bond acceptors (Lipinski definition) is 2. The average molecular weight is 264 g/mol. The first-order valence-corrected chi connectivity index (χ1v) is 7.72. The number of aromatic nitrogens is 2. The van der Waals surface area contributed by atoms with Gasteiger partial charge in [0.2, 0.25) is 0 Å². The van der Waals surface area contributed by atoms with Gasteiger partial charge in [0.15, 0.2) is 0 Å². The van der Waals surface area contributed by atoms with E-state index in [1.807, 2.05) is 17.8 Å². The molecule has 1 aromatic heterocycles. The van der Waals surface area contributed by atoms with Crippen molar-refractivity contribution >= 4 is 5.78 Å². The normalized spacial score (nSPS) is 10.8. The Morgan fingerprint density at radius 1 is 1.11 bits per heavy atom. The lowest BCUT2D eigenvalue weighted by atomic mass is 10.0. The maximum Gasteiger partial charge on any atom is 0.133 e. The molecule has 108 valence electrons. The van der Waals surface area contributed by atoms with E-state index >= 15 is 0 Å². The molecule has 0 aliphatic carbocycles. The Morgan fingerprint density at radius 3 is 2.42 bits per heavy atom. The van der Waals surface area contributed by atoms with Gasteiger partial charge in [-0.3, -0.25) is 9.48 Å². The Morgan fingerprint density at radius 2 is 1.79 bits per heavy atom. The third kappa shape index (κ3) is 7.14. The summed E-state index contributed by atoms with van der Waals surface area (Å²) in [5.74, 6) is 0.398. The second kappa shape index (κ2) is 9.76. The summed E-state index contributed by atoms with van der Waals surface area (Å²) < 4.78 is 1.85. The van der Waals surface area contributed by atoms with Crippen molar-refractivity contribution in [3.8, 4) is 0 Å². The SMILES string of the molecule is CCCCCCCCCC(=O)CCc1ccnn1C. The lowest BCUT2D eigenvalue weighted by molar-refractivity contribution is -0.119. The highest BCUT2D eigenvalue weighted by atomic mass is 16.1. The van der Waals surface area contributed by atoms with Crippen molar-refractivity contribution in [3.05, 3.63) is 18.0 Å². The molecule has 1 heterocycles. The zero-order chi connectivity index (χ0) is 13.9. The van der Waals surface area contributed by atoms with Gasteiger partial charge in [-0.1, -0.05) is 45.4 Å². The van der Waals surface area contributed by atoms with E-state index in [2.05, 4.69) is 12.0 Å². The van der Waals surface area contributed by atoms with Gasteiger partial charge in [0.25, 0.3) is 0 Å². The number of carbonyl (C=O) groups is 1. The van der Waals surface area contributed by atoms with Gasteiger partial charge >= 0.3 is 0 Å². The van der Waals surface area contributed by atoms with Crippen LogP contribution in [0.5, 0.6) is 0 Å². The first-order valence-electron chi connectivity index (χ1n) is 7.72. The van der Waals surface area contributed by atoms with Crippen molar-refractivity contribution in [2.45, 2.75) is 71.1 Å². The highest BCUT2D eigenvalue weighted by Gasteiger charge is 2.05. The van der Waals surface area contributed by atoms with Crippen molar-refractivity contribution < 1.29 is 4.79 Å². The summed E-state index contributed by atoms with van der Waals surface area (Å²) in [6.45, 7) is 2.24. The van der Waals surface area contributed by atoms with Crippen LogP contribution < -0.4 is 0 Å². The third-order valence-electron chi connectivity index (χ3n) is 3.64. The number of nitrogens with zero attached hydrogens (tertiary/aromatic N) is 2. The molecule has 0 fully saturated rings. The highest BCUT2D eigenvalue weighted by Crippen LogP contribution is 2.10. The van der Waals surface area contributed by atoms with Gasteiger partial charge in [-0.15, -0.1) is 0 Å². The quantitative estimate of drug-likeness (QED) is 0.565. The maximum absolute atomic E-state index is 11.8. The number of unbranched alkanes of at least 4 members (excludes halogenated alkanes) is 6. The molecule has 3 nitrogen and oxygen atoms in total. The van der Waals surface area contributed by atoms with Crippen LogP contribution in [0.1, 0.15) is 70.4 Å². The van der Waals surface area contributed by atoms with Crippen LogP contribution in [0.15, 0.2) is 12.3 Å². The monoisotopic (exact) mass is 264 g/mol. The maximum atomic E-state index is 11.8. The minimum Gasteiger partial charge on any atom is -0.300 e. The number of ketones is 1. The van der Waals surface area contributed by atoms with Crippen LogP contribution in [0.2, 0.25) is 0 Å². The Labute approximate surface area is 117 Å². The van der Waals surface area contributed by atoms with E-state index in [0.717, 1.165) is 25.0 Å². The molecule has 0 unspecified atom stereocenters. The van der Waals surface area contributed by atoms with Crippen molar-refractivity contribution in [1.29, 1.82) is 0 Å². The number of aryl methyl sites for hydroxylation is 2. The zero-order valence-electron chi connectivity index (χ0n) is 12.5. The molecule has 0 N–H and O–H groups in total. The van der Waals surface area contributed by atoms with Crippen LogP contribution in [0.4, 0.5) is 0 Å². The predicted octanol–water partition coefficient (Wildman–Crippen LogP) is 4.06. The second-order valence-corrected chi connectivity index (χ2v) is 5.36. The minimum atomic E-state index is 0.398. The van der Waals surface area contributed by atoms with Crippen LogP contribution in [0.3, 0.4) is 0 Å². The van der Waals surface area contributed by atoms with Crippen LogP contribution in [0, 0.1) is 0 Å². The molecule has 0 spiro atoms. The fraction of sp³-hybridized carbons (Fsp3) is 0.750. The molecule has 0 saturated carbocycles. The van der Waals surface area contributed by atoms with Crippen LogP contribution in [-0.4, -0.2) is 15.6 Å². The van der Waals surface area contributed by atoms with Gasteiger partial charge in [0, 0.05) is 31.8 Å². The van der Waals surface area contributed by atoms with E-state index in [1.165, 1.54) is 38.5 Å². The van der Waals surface area contributed by atoms with Crippen LogP contribution >= 0.6 is 0 Å². The van der Waals surface area contributed by atoms with Crippen molar-refractivity contribution in [1.82, 2.24) is 9.78 Å². The summed E-state index contributed by atoms with van der Waals surface area (Å²) in [5.41, 5.74) is 1.15. The molecule has 19 heavy (non-hydrogen) atoms. The molecule has 0 aromatic carbocycles. The number of Topliss-reactive ketones (excluding diaryl/α,β-unsaturated/α-hetero) is 1. The number of rotatable bonds is 11. The smallest absolute Gasteiger partial charge is 0.133 e. The van der Waals surface area contributed by atoms with Gasteiger partial charge in [-0.05, 0) is 18.9 Å². The van der Waals surface area contributed by atoms with Crippen molar-refractivity contribution in [2.75, 3.05) is 0 Å². The largest absolute Gasteiger partial charge is 0.300 e. The summed E-state index contributed by atoms with van der Waals surface area (Å²) in [6, 6.07) is 1.99. The van der Waals surface area contributed by atoms with Gasteiger partial charge in [-0.25, -0.2) is 0 Å². The number of hydrogen-bond donors (Lipinski definition) is 0. The Balaban J connectivity index is 1.98. The Bertz CT molecular complexity index is 357. The fourth-order valence-corrected chi connectivity index (χ4v) is 2.32. The van der Waals surface area contributed by atoms with Gasteiger partial charge in [0.05, 0.1) is 0 Å². The number of carbonyl (C=O) groups excluding carboxylic acids is 1. The fourth-order valence-electron chi connectivity index (χ4n) is 2.32. The van der Waals surface area contributed by atoms with Crippen LogP contribution in [-0.2, 0) is 18.3 Å². The predicted molar refractivity (Wildman–Crippen MR) is 79.1 cm³/mol. The average Bonchev–Trinajstić information content (AvgIpc) is 2.81. The summed E-state index contributed by atoms with van der Waals surface area (Å²) in [7, 11) is 1.93. The first kappa shape index (κ1) is 15.9. The van der Waals surface area contributed by atoms with Gasteiger partial charge in [0.1, 0.15) is 5.78 Å². The molecule has 0 bridgehead atoms. The lowest BCUT2D eigenvalue weighted by Gasteiger charge is -2.03. The summed E-state index contributed by atoms with van der Waals surface area (Å²) in [4.78, 5) is 11.8. The van der Waals surface area contributed by atoms with E-state index in [4.69, 9.17) is 0 Å². The van der Waals surface area contributed by atoms with Crippen LogP contribution in [0.25, 0.3) is 0 Å². The molecular formula is C16H28N2O. The van der Waals surface area contributed by atoms with Crippen molar-refractivity contribution in [2.24, 2.45) is 7.05 Å². The van der Waals surface area contributed by atoms with E-state index in [-0.39, 0.29) is 0 Å². The van der Waals surface area contributed by atoms with E-state index in [1.54, 1.807) is 6.20 Å². The second-order valence-electron chi connectivity index (χ2n) is 5.36. The Kier molecular flexibility index (Phi) is 8.19. The zero-order valence-corrected chi connectivity index (χ0v) is 12.5. The van der Waals surface area contributed by atoms with Gasteiger partial charge in [-0.2, -0.15) is 5.10 Å². The van der Waals surface area contributed by atoms with E-state index in [0.29, 0.717) is 12.2 Å². The third-order valence-corrected chi connectivity index (χ3v) is 3.64. The lowest BCUT2D eigenvalue weighted by Crippen LogP contribution is -2.04. The molecular weight excluding hydrogens is 236 g/mol. The molecule has 0 amide bonds. The molecule has 0 atom stereocenters. The molecule has 1 rings (SSSR count). The molecule has 3 heteroatoms. The molecule has 0 aliphatic heterocycles. The van der Waals surface area contributed by atoms with Gasteiger partial charge < -0.3 is 0 Å². The first-order chi connectivity index (χ1) is 9.24. The highest BCUT2D eigenvalue weighted by molar-refractivity contribution is 5.78. The summed E-state index contributed by atoms with van der Waals surface area (Å²) >= 11 is 0. The summed E-state index contributed by atoms with van der Waals surface area (Å²) in [5, 5.41) is 4.11. The summed E-state index contributed by atoms with van der Waals surface area (Å²) in [6.07, 6.45) is 12.9.